The molecular weight excluding hydrogens is 474 g/mol. The summed E-state index contributed by atoms with van der Waals surface area (Å²) >= 11 is 5.52. The summed E-state index contributed by atoms with van der Waals surface area (Å²) < 4.78 is 15.8. The fourth-order valence-electron chi connectivity index (χ4n) is 3.45. The SMILES string of the molecule is COC(=O)CN1C(=S)N(c2ccc(OC)cc2)C(=O)/C1=C/c1ccc(-c2ccc([N+](=O)[O-])cc2)o1. The van der Waals surface area contributed by atoms with Gasteiger partial charge >= 0.3 is 5.97 Å². The van der Waals surface area contributed by atoms with Crippen LogP contribution < -0.4 is 9.64 Å². The van der Waals surface area contributed by atoms with E-state index in [1.165, 1.54) is 42.2 Å². The number of carbonyl (C=O) groups is 2. The Morgan fingerprint density at radius 2 is 1.77 bits per heavy atom. The Hall–Kier alpha value is -4.51. The van der Waals surface area contributed by atoms with Crippen LogP contribution in [0.5, 0.6) is 5.75 Å². The quantitative estimate of drug-likeness (QED) is 0.158. The Morgan fingerprint density at radius 1 is 1.09 bits per heavy atom. The monoisotopic (exact) mass is 493 g/mol. The second kappa shape index (κ2) is 9.77. The lowest BCUT2D eigenvalue weighted by atomic mass is 10.1. The zero-order valence-corrected chi connectivity index (χ0v) is 19.5. The Kier molecular flexibility index (Phi) is 6.60. The second-order valence-corrected chi connectivity index (χ2v) is 7.68. The lowest BCUT2D eigenvalue weighted by molar-refractivity contribution is -0.384. The first-order valence-electron chi connectivity index (χ1n) is 10.3. The Labute approximate surface area is 205 Å². The van der Waals surface area contributed by atoms with Gasteiger partial charge in [-0.3, -0.25) is 24.6 Å². The summed E-state index contributed by atoms with van der Waals surface area (Å²) in [5.74, 6) is 0.371. The molecule has 0 spiro atoms. The van der Waals surface area contributed by atoms with Crippen LogP contribution in [0.4, 0.5) is 11.4 Å². The third-order valence-corrected chi connectivity index (χ3v) is 5.65. The molecule has 178 valence electrons. The van der Waals surface area contributed by atoms with E-state index in [1.54, 1.807) is 48.5 Å². The van der Waals surface area contributed by atoms with Gasteiger partial charge < -0.3 is 18.8 Å². The fraction of sp³-hybridized carbons (Fsp3) is 0.125. The smallest absolute Gasteiger partial charge is 0.325 e. The number of amides is 1. The molecule has 10 nitrogen and oxygen atoms in total. The van der Waals surface area contributed by atoms with Gasteiger partial charge in [0, 0.05) is 23.8 Å². The molecule has 1 aromatic heterocycles. The van der Waals surface area contributed by atoms with Gasteiger partial charge in [-0.2, -0.15) is 0 Å². The van der Waals surface area contributed by atoms with Gasteiger partial charge in [-0.1, -0.05) is 0 Å². The van der Waals surface area contributed by atoms with Crippen LogP contribution in [0.25, 0.3) is 17.4 Å². The van der Waals surface area contributed by atoms with Crippen molar-refractivity contribution in [1.82, 2.24) is 4.90 Å². The Bertz CT molecular complexity index is 1330. The van der Waals surface area contributed by atoms with E-state index in [9.17, 15) is 19.7 Å². The molecule has 11 heteroatoms. The largest absolute Gasteiger partial charge is 0.497 e. The minimum absolute atomic E-state index is 0.0372. The Morgan fingerprint density at radius 3 is 2.37 bits per heavy atom. The molecule has 1 amide bonds. The van der Waals surface area contributed by atoms with Gasteiger partial charge in [0.2, 0.25) is 0 Å². The molecule has 2 heterocycles. The first-order valence-corrected chi connectivity index (χ1v) is 10.7. The van der Waals surface area contributed by atoms with Crippen molar-refractivity contribution in [3.63, 3.8) is 0 Å². The average molecular weight is 493 g/mol. The van der Waals surface area contributed by atoms with E-state index in [4.69, 9.17) is 26.1 Å². The molecule has 0 unspecified atom stereocenters. The number of anilines is 1. The number of nitrogens with zero attached hydrogens (tertiary/aromatic N) is 3. The Balaban J connectivity index is 1.68. The maximum absolute atomic E-state index is 13.4. The molecule has 1 saturated heterocycles. The predicted octanol–water partition coefficient (Wildman–Crippen LogP) is 4.01. The number of methoxy groups -OCH3 is 2. The fourth-order valence-corrected chi connectivity index (χ4v) is 3.80. The van der Waals surface area contributed by atoms with Gasteiger partial charge in [-0.15, -0.1) is 0 Å². The zero-order chi connectivity index (χ0) is 25.1. The summed E-state index contributed by atoms with van der Waals surface area (Å²) in [5.41, 5.74) is 1.22. The number of hydrogen-bond acceptors (Lipinski definition) is 8. The number of thiocarbonyl (C=S) groups is 1. The van der Waals surface area contributed by atoms with Crippen molar-refractivity contribution in [2.45, 2.75) is 0 Å². The molecule has 1 fully saturated rings. The lowest BCUT2D eigenvalue weighted by Gasteiger charge is -2.19. The van der Waals surface area contributed by atoms with Crippen LogP contribution in [-0.4, -0.2) is 47.6 Å². The maximum Gasteiger partial charge on any atom is 0.325 e. The standard InChI is InChI=1S/C24H19N3O7S/c1-32-18-9-7-16(8-10-18)26-23(29)20(25(24(26)35)14-22(28)33-2)13-19-11-12-21(34-19)15-3-5-17(6-4-15)27(30)31/h3-13H,14H2,1-2H3/b20-13-. The molecule has 0 N–H and O–H groups in total. The maximum atomic E-state index is 13.4. The number of esters is 1. The third-order valence-electron chi connectivity index (χ3n) is 5.25. The first-order chi connectivity index (χ1) is 16.8. The second-order valence-electron chi connectivity index (χ2n) is 7.32. The van der Waals surface area contributed by atoms with Crippen LogP contribution in [0.2, 0.25) is 0 Å². The summed E-state index contributed by atoms with van der Waals surface area (Å²) in [5, 5.41) is 11.0. The first kappa shape index (κ1) is 23.6. The number of non-ortho nitro benzene ring substituents is 1. The van der Waals surface area contributed by atoms with E-state index in [0.717, 1.165) is 0 Å². The van der Waals surface area contributed by atoms with Crippen LogP contribution in [0.15, 0.2) is 70.8 Å². The molecule has 3 aromatic rings. The van der Waals surface area contributed by atoms with Crippen molar-refractivity contribution in [3.8, 4) is 17.1 Å². The molecule has 1 aliphatic heterocycles. The van der Waals surface area contributed by atoms with E-state index >= 15 is 0 Å². The molecule has 0 aliphatic carbocycles. The number of ether oxygens (including phenoxy) is 2. The van der Waals surface area contributed by atoms with Crippen LogP contribution >= 0.6 is 12.2 Å². The highest BCUT2D eigenvalue weighted by atomic mass is 32.1. The summed E-state index contributed by atoms with van der Waals surface area (Å²) in [6, 6.07) is 16.0. The summed E-state index contributed by atoms with van der Waals surface area (Å²) in [4.78, 5) is 38.5. The van der Waals surface area contributed by atoms with Gasteiger partial charge in [0.05, 0.1) is 24.8 Å². The van der Waals surface area contributed by atoms with Gasteiger partial charge in [0.15, 0.2) is 5.11 Å². The highest BCUT2D eigenvalue weighted by molar-refractivity contribution is 7.80. The average Bonchev–Trinajstić information content (AvgIpc) is 3.43. The van der Waals surface area contributed by atoms with E-state index in [1.807, 2.05) is 0 Å². The van der Waals surface area contributed by atoms with Gasteiger partial charge in [0.25, 0.3) is 11.6 Å². The van der Waals surface area contributed by atoms with Crippen molar-refractivity contribution in [3.05, 3.63) is 82.2 Å². The van der Waals surface area contributed by atoms with E-state index in [-0.39, 0.29) is 23.0 Å². The molecule has 4 rings (SSSR count). The minimum Gasteiger partial charge on any atom is -0.497 e. The van der Waals surface area contributed by atoms with Crippen LogP contribution in [0, 0.1) is 10.1 Å². The van der Waals surface area contributed by atoms with Gasteiger partial charge in [-0.05, 0) is 60.7 Å². The summed E-state index contributed by atoms with van der Waals surface area (Å²) in [7, 11) is 2.78. The molecule has 0 radical (unpaired) electrons. The van der Waals surface area contributed by atoms with Crippen molar-refractivity contribution < 1.29 is 28.4 Å². The number of furan rings is 1. The predicted molar refractivity (Wildman–Crippen MR) is 131 cm³/mol. The number of carbonyl (C=O) groups excluding carboxylic acids is 2. The van der Waals surface area contributed by atoms with Crippen molar-refractivity contribution >= 4 is 46.7 Å². The normalized spacial score (nSPS) is 14.5. The lowest BCUT2D eigenvalue weighted by Crippen LogP contribution is -2.35. The molecular formula is C24H19N3O7S. The van der Waals surface area contributed by atoms with Crippen LogP contribution in [-0.2, 0) is 14.3 Å². The summed E-state index contributed by atoms with van der Waals surface area (Å²) in [6.07, 6.45) is 1.48. The molecule has 0 bridgehead atoms. The minimum atomic E-state index is -0.575. The molecule has 1 aliphatic rings. The number of benzene rings is 2. The summed E-state index contributed by atoms with van der Waals surface area (Å²) in [6.45, 7) is -0.268. The number of rotatable bonds is 7. The van der Waals surface area contributed by atoms with Crippen LogP contribution in [0.1, 0.15) is 5.76 Å². The molecule has 35 heavy (non-hydrogen) atoms. The highest BCUT2D eigenvalue weighted by Gasteiger charge is 2.40. The van der Waals surface area contributed by atoms with Gasteiger partial charge in [0.1, 0.15) is 29.5 Å². The van der Waals surface area contributed by atoms with Crippen molar-refractivity contribution in [2.24, 2.45) is 0 Å². The number of nitro groups is 1. The highest BCUT2D eigenvalue weighted by Crippen LogP contribution is 2.31. The van der Waals surface area contributed by atoms with Crippen molar-refractivity contribution in [2.75, 3.05) is 25.7 Å². The topological polar surface area (TPSA) is 115 Å². The van der Waals surface area contributed by atoms with E-state index < -0.39 is 16.8 Å². The molecule has 0 saturated carbocycles. The number of hydrogen-bond donors (Lipinski definition) is 0. The van der Waals surface area contributed by atoms with Crippen molar-refractivity contribution in [1.29, 1.82) is 0 Å². The number of nitro benzene ring substituents is 1. The molecule has 0 atom stereocenters. The van der Waals surface area contributed by atoms with E-state index in [2.05, 4.69) is 0 Å². The van der Waals surface area contributed by atoms with Gasteiger partial charge in [-0.25, -0.2) is 0 Å². The third kappa shape index (κ3) is 4.75. The molecule has 2 aromatic carbocycles. The van der Waals surface area contributed by atoms with E-state index in [0.29, 0.717) is 28.5 Å². The van der Waals surface area contributed by atoms with Crippen LogP contribution in [0.3, 0.4) is 0 Å². The zero-order valence-electron chi connectivity index (χ0n) is 18.7.